The van der Waals surface area contributed by atoms with Gasteiger partial charge in [-0.2, -0.15) is 13.2 Å². The Morgan fingerprint density at radius 3 is 2.00 bits per heavy atom. The predicted octanol–water partition coefficient (Wildman–Crippen LogP) is 1.98. The number of aromatic carboxylic acids is 1. The average Bonchev–Trinajstić information content (AvgIpc) is 2.15. The van der Waals surface area contributed by atoms with Gasteiger partial charge in [0, 0.05) is 0 Å². The third-order valence-electron chi connectivity index (χ3n) is 1.78. The maximum atomic E-state index is 12.0. The SMILES string of the molecule is O=C(O)c1ccc([C@@H](O)C(F)(F)F)cc1. The van der Waals surface area contributed by atoms with Crippen LogP contribution >= 0.6 is 0 Å². The summed E-state index contributed by atoms with van der Waals surface area (Å²) in [4.78, 5) is 10.4. The number of rotatable bonds is 2. The van der Waals surface area contributed by atoms with Crippen LogP contribution in [0.4, 0.5) is 13.2 Å². The summed E-state index contributed by atoms with van der Waals surface area (Å²) in [5.74, 6) is -1.23. The zero-order valence-corrected chi connectivity index (χ0v) is 7.32. The van der Waals surface area contributed by atoms with E-state index >= 15 is 0 Å². The molecule has 2 N–H and O–H groups in total. The molecule has 1 aromatic rings. The highest BCUT2D eigenvalue weighted by atomic mass is 19.4. The monoisotopic (exact) mass is 220 g/mol. The summed E-state index contributed by atoms with van der Waals surface area (Å²) in [6.45, 7) is 0. The molecule has 0 saturated heterocycles. The summed E-state index contributed by atoms with van der Waals surface area (Å²) < 4.78 is 36.1. The van der Waals surface area contributed by atoms with Crippen LogP contribution < -0.4 is 0 Å². The van der Waals surface area contributed by atoms with Gasteiger partial charge in [-0.1, -0.05) is 12.1 Å². The van der Waals surface area contributed by atoms with E-state index in [-0.39, 0.29) is 11.1 Å². The van der Waals surface area contributed by atoms with Gasteiger partial charge in [-0.15, -0.1) is 0 Å². The molecule has 0 fully saturated rings. The van der Waals surface area contributed by atoms with E-state index in [0.717, 1.165) is 24.3 Å². The number of carboxylic acid groups (broad SMARTS) is 1. The molecule has 0 aliphatic heterocycles. The first-order valence-electron chi connectivity index (χ1n) is 3.90. The number of carboxylic acids is 1. The number of aliphatic hydroxyl groups is 1. The Hall–Kier alpha value is -1.56. The molecule has 0 heterocycles. The molecule has 15 heavy (non-hydrogen) atoms. The Kier molecular flexibility index (Phi) is 2.99. The zero-order valence-electron chi connectivity index (χ0n) is 7.32. The second kappa shape index (κ2) is 3.90. The maximum absolute atomic E-state index is 12.0. The third kappa shape index (κ3) is 2.69. The Labute approximate surface area is 82.8 Å². The fraction of sp³-hybridized carbons (Fsp3) is 0.222. The van der Waals surface area contributed by atoms with Crippen molar-refractivity contribution < 1.29 is 28.2 Å². The number of hydrogen-bond donors (Lipinski definition) is 2. The Bertz CT molecular complexity index is 356. The first-order valence-corrected chi connectivity index (χ1v) is 3.90. The van der Waals surface area contributed by atoms with Crippen molar-refractivity contribution in [1.82, 2.24) is 0 Å². The molecule has 0 radical (unpaired) electrons. The van der Waals surface area contributed by atoms with E-state index in [4.69, 9.17) is 10.2 Å². The number of alkyl halides is 3. The van der Waals surface area contributed by atoms with E-state index in [1.54, 1.807) is 0 Å². The molecule has 0 aliphatic carbocycles. The predicted molar refractivity (Wildman–Crippen MR) is 44.4 cm³/mol. The molecular formula is C9H7F3O3. The van der Waals surface area contributed by atoms with E-state index < -0.39 is 18.2 Å². The second-order valence-electron chi connectivity index (χ2n) is 2.87. The van der Waals surface area contributed by atoms with Crippen LogP contribution in [0.25, 0.3) is 0 Å². The van der Waals surface area contributed by atoms with Crippen molar-refractivity contribution in [2.45, 2.75) is 12.3 Å². The lowest BCUT2D eigenvalue weighted by Gasteiger charge is -2.14. The second-order valence-corrected chi connectivity index (χ2v) is 2.87. The van der Waals surface area contributed by atoms with Crippen molar-refractivity contribution in [2.24, 2.45) is 0 Å². The number of benzene rings is 1. The summed E-state index contributed by atoms with van der Waals surface area (Å²) >= 11 is 0. The minimum absolute atomic E-state index is 0.131. The van der Waals surface area contributed by atoms with Gasteiger partial charge in [0.05, 0.1) is 5.56 Å². The molecule has 1 aromatic carbocycles. The zero-order chi connectivity index (χ0) is 11.6. The molecule has 1 atom stereocenters. The average molecular weight is 220 g/mol. The molecule has 3 nitrogen and oxygen atoms in total. The highest BCUT2D eigenvalue weighted by Gasteiger charge is 2.39. The Balaban J connectivity index is 2.94. The maximum Gasteiger partial charge on any atom is 0.418 e. The highest BCUT2D eigenvalue weighted by Crippen LogP contribution is 2.32. The largest absolute Gasteiger partial charge is 0.478 e. The molecule has 1 rings (SSSR count). The van der Waals surface area contributed by atoms with Gasteiger partial charge >= 0.3 is 12.1 Å². The van der Waals surface area contributed by atoms with Crippen molar-refractivity contribution in [3.63, 3.8) is 0 Å². The molecule has 82 valence electrons. The molecule has 0 bridgehead atoms. The fourth-order valence-corrected chi connectivity index (χ4v) is 0.997. The lowest BCUT2D eigenvalue weighted by atomic mass is 10.1. The summed E-state index contributed by atoms with van der Waals surface area (Å²) in [6.07, 6.45) is -7.33. The van der Waals surface area contributed by atoms with E-state index in [9.17, 15) is 18.0 Å². The molecular weight excluding hydrogens is 213 g/mol. The van der Waals surface area contributed by atoms with Crippen molar-refractivity contribution in [3.8, 4) is 0 Å². The number of carbonyl (C=O) groups is 1. The smallest absolute Gasteiger partial charge is 0.418 e. The number of hydrogen-bond acceptors (Lipinski definition) is 2. The molecule has 0 amide bonds. The van der Waals surface area contributed by atoms with Crippen LogP contribution in [-0.4, -0.2) is 22.4 Å². The minimum atomic E-state index is -4.75. The van der Waals surface area contributed by atoms with Gasteiger partial charge in [-0.25, -0.2) is 4.79 Å². The van der Waals surface area contributed by atoms with Crippen molar-refractivity contribution >= 4 is 5.97 Å². The Morgan fingerprint density at radius 1 is 1.20 bits per heavy atom. The minimum Gasteiger partial charge on any atom is -0.478 e. The molecule has 0 spiro atoms. The van der Waals surface area contributed by atoms with Crippen LogP contribution in [-0.2, 0) is 0 Å². The number of halogens is 3. The van der Waals surface area contributed by atoms with E-state index in [1.807, 2.05) is 0 Å². The van der Waals surface area contributed by atoms with Gasteiger partial charge in [-0.3, -0.25) is 0 Å². The van der Waals surface area contributed by atoms with Gasteiger partial charge in [-0.05, 0) is 17.7 Å². The first-order chi connectivity index (χ1) is 6.82. The van der Waals surface area contributed by atoms with Crippen LogP contribution in [0, 0.1) is 0 Å². The van der Waals surface area contributed by atoms with E-state index in [1.165, 1.54) is 0 Å². The lowest BCUT2D eigenvalue weighted by Crippen LogP contribution is -2.20. The van der Waals surface area contributed by atoms with Crippen molar-refractivity contribution in [1.29, 1.82) is 0 Å². The highest BCUT2D eigenvalue weighted by molar-refractivity contribution is 5.87. The van der Waals surface area contributed by atoms with E-state index in [0.29, 0.717) is 0 Å². The summed E-state index contributed by atoms with van der Waals surface area (Å²) in [6, 6.07) is 3.88. The van der Waals surface area contributed by atoms with Crippen LogP contribution in [0.5, 0.6) is 0 Å². The van der Waals surface area contributed by atoms with Gasteiger partial charge in [0.15, 0.2) is 6.10 Å². The lowest BCUT2D eigenvalue weighted by molar-refractivity contribution is -0.206. The number of aliphatic hydroxyl groups excluding tert-OH is 1. The van der Waals surface area contributed by atoms with Gasteiger partial charge in [0.1, 0.15) is 0 Å². The van der Waals surface area contributed by atoms with Crippen LogP contribution in [0.15, 0.2) is 24.3 Å². The van der Waals surface area contributed by atoms with Crippen LogP contribution in [0.1, 0.15) is 22.0 Å². The van der Waals surface area contributed by atoms with Crippen LogP contribution in [0.2, 0.25) is 0 Å². The molecule has 6 heteroatoms. The summed E-state index contributed by atoms with van der Waals surface area (Å²) in [5, 5.41) is 17.3. The van der Waals surface area contributed by atoms with Gasteiger partial charge in [0.2, 0.25) is 0 Å². The van der Waals surface area contributed by atoms with Gasteiger partial charge < -0.3 is 10.2 Å². The normalized spacial score (nSPS) is 13.6. The van der Waals surface area contributed by atoms with Crippen LogP contribution in [0.3, 0.4) is 0 Å². The molecule has 0 aromatic heterocycles. The summed E-state index contributed by atoms with van der Waals surface area (Å²) in [5.41, 5.74) is -0.513. The van der Waals surface area contributed by atoms with Crippen molar-refractivity contribution in [3.05, 3.63) is 35.4 Å². The summed E-state index contributed by atoms with van der Waals surface area (Å²) in [7, 11) is 0. The standard InChI is InChI=1S/C9H7F3O3/c10-9(11,12)7(13)5-1-3-6(4-2-5)8(14)15/h1-4,7,13H,(H,14,15)/t7-/m1/s1. The van der Waals surface area contributed by atoms with Crippen molar-refractivity contribution in [2.75, 3.05) is 0 Å². The molecule has 0 unspecified atom stereocenters. The molecule has 0 aliphatic rings. The fourth-order valence-electron chi connectivity index (χ4n) is 0.997. The molecule has 0 saturated carbocycles. The Morgan fingerprint density at radius 2 is 1.67 bits per heavy atom. The first kappa shape index (κ1) is 11.5. The third-order valence-corrected chi connectivity index (χ3v) is 1.78. The topological polar surface area (TPSA) is 57.5 Å². The van der Waals surface area contributed by atoms with Gasteiger partial charge in [0.25, 0.3) is 0 Å². The van der Waals surface area contributed by atoms with E-state index in [2.05, 4.69) is 0 Å². The quantitative estimate of drug-likeness (QED) is 0.801.